The fraction of sp³-hybridized carbons (Fsp3) is 0. The molecule has 0 atom stereocenters. The van der Waals surface area contributed by atoms with Gasteiger partial charge in [-0.25, -0.2) is 0 Å². The molecule has 0 N–H and O–H groups in total. The summed E-state index contributed by atoms with van der Waals surface area (Å²) in [5.41, 5.74) is 0. The van der Waals surface area contributed by atoms with Crippen LogP contribution in [0.3, 0.4) is 0 Å². The van der Waals surface area contributed by atoms with Crippen LogP contribution in [-0.4, -0.2) is 0 Å². The van der Waals surface area contributed by atoms with Gasteiger partial charge in [0.25, 0.3) is 0 Å². The molecule has 1 aromatic heterocycles. The van der Waals surface area contributed by atoms with Crippen molar-refractivity contribution in [2.45, 2.75) is 4.90 Å². The highest BCUT2D eigenvalue weighted by Gasteiger charge is 2.06. The summed E-state index contributed by atoms with van der Waals surface area (Å²) in [4.78, 5) is 1.09. The van der Waals surface area contributed by atoms with Crippen molar-refractivity contribution in [1.29, 1.82) is 0 Å². The molecular formula is C8H4BrIS2. The molecule has 0 spiro atoms. The van der Waals surface area contributed by atoms with Crippen LogP contribution in [0.5, 0.6) is 0 Å². The lowest BCUT2D eigenvalue weighted by Crippen LogP contribution is -1.76. The summed E-state index contributed by atoms with van der Waals surface area (Å²) >= 11 is 12.0. The lowest BCUT2D eigenvalue weighted by atomic mass is 10.3. The Morgan fingerprint density at radius 3 is 3.00 bits per heavy atom. The number of rotatable bonds is 0. The second-order valence-corrected chi connectivity index (χ2v) is 5.73. The van der Waals surface area contributed by atoms with E-state index in [1.807, 2.05) is 0 Å². The molecule has 0 nitrogen and oxygen atoms in total. The van der Waals surface area contributed by atoms with E-state index in [1.165, 1.54) is 13.7 Å². The minimum atomic E-state index is 1.09. The lowest BCUT2D eigenvalue weighted by Gasteiger charge is -2.00. The average Bonchev–Trinajstić information content (AvgIpc) is 2.48. The van der Waals surface area contributed by atoms with Crippen LogP contribution in [-0.2, 0) is 0 Å². The van der Waals surface area contributed by atoms with E-state index >= 15 is 0 Å². The maximum atomic E-state index is 4.46. The Kier molecular flexibility index (Phi) is 2.69. The van der Waals surface area contributed by atoms with Crippen molar-refractivity contribution >= 4 is 72.6 Å². The van der Waals surface area contributed by atoms with Crippen molar-refractivity contribution in [2.24, 2.45) is 0 Å². The van der Waals surface area contributed by atoms with Crippen molar-refractivity contribution < 1.29 is 0 Å². The Bertz CT molecular complexity index is 436. The van der Waals surface area contributed by atoms with Gasteiger partial charge in [-0.2, -0.15) is 0 Å². The average molecular weight is 371 g/mol. The van der Waals surface area contributed by atoms with Crippen LogP contribution in [0.15, 0.2) is 26.9 Å². The molecule has 0 radical (unpaired) electrons. The molecule has 0 saturated carbocycles. The van der Waals surface area contributed by atoms with Crippen LogP contribution in [0.1, 0.15) is 0 Å². The molecule has 4 heteroatoms. The van der Waals surface area contributed by atoms with E-state index in [0.717, 1.165) is 9.37 Å². The summed E-state index contributed by atoms with van der Waals surface area (Å²) in [7, 11) is 0. The maximum absolute atomic E-state index is 4.46. The van der Waals surface area contributed by atoms with E-state index in [-0.39, 0.29) is 0 Å². The third kappa shape index (κ3) is 1.42. The predicted molar refractivity (Wildman–Crippen MR) is 69.5 cm³/mol. The second-order valence-electron chi connectivity index (χ2n) is 2.35. The zero-order chi connectivity index (χ0) is 8.72. The highest BCUT2D eigenvalue weighted by molar-refractivity contribution is 14.1. The van der Waals surface area contributed by atoms with Crippen molar-refractivity contribution in [3.8, 4) is 0 Å². The first-order chi connectivity index (χ1) is 5.70. The monoisotopic (exact) mass is 370 g/mol. The van der Waals surface area contributed by atoms with Gasteiger partial charge in [-0.3, -0.25) is 0 Å². The second kappa shape index (κ2) is 3.48. The minimum Gasteiger partial charge on any atom is -0.143 e. The fourth-order valence-corrected chi connectivity index (χ4v) is 4.14. The molecule has 0 aliphatic rings. The Balaban J connectivity index is 2.97. The first-order valence-electron chi connectivity index (χ1n) is 3.24. The Labute approximate surface area is 102 Å². The molecule has 0 aliphatic heterocycles. The van der Waals surface area contributed by atoms with E-state index in [4.69, 9.17) is 0 Å². The maximum Gasteiger partial charge on any atom is 0.0498 e. The van der Waals surface area contributed by atoms with Gasteiger partial charge in [0, 0.05) is 23.0 Å². The number of hydrogen-bond donors (Lipinski definition) is 1. The third-order valence-electron chi connectivity index (χ3n) is 1.62. The van der Waals surface area contributed by atoms with Crippen LogP contribution >= 0.6 is 62.5 Å². The zero-order valence-electron chi connectivity index (χ0n) is 5.84. The molecule has 0 aliphatic carbocycles. The van der Waals surface area contributed by atoms with E-state index in [1.54, 1.807) is 11.3 Å². The van der Waals surface area contributed by atoms with Gasteiger partial charge in [-0.1, -0.05) is 15.9 Å². The van der Waals surface area contributed by atoms with E-state index < -0.39 is 0 Å². The number of fused-ring (bicyclic) bond motifs is 1. The summed E-state index contributed by atoms with van der Waals surface area (Å²) in [5.74, 6) is 0. The lowest BCUT2D eigenvalue weighted by molar-refractivity contribution is 1.51. The van der Waals surface area contributed by atoms with Gasteiger partial charge in [0.15, 0.2) is 0 Å². The van der Waals surface area contributed by atoms with E-state index in [9.17, 15) is 0 Å². The molecular weight excluding hydrogens is 367 g/mol. The van der Waals surface area contributed by atoms with Crippen molar-refractivity contribution in [1.82, 2.24) is 0 Å². The molecule has 0 fully saturated rings. The number of halogens is 2. The SMILES string of the molecule is Sc1c(I)cc(Br)c2ccsc12. The molecule has 62 valence electrons. The van der Waals surface area contributed by atoms with Gasteiger partial charge in [0.1, 0.15) is 0 Å². The predicted octanol–water partition coefficient (Wildman–Crippen LogP) is 4.56. The molecule has 1 aromatic carbocycles. The van der Waals surface area contributed by atoms with Crippen LogP contribution in [0.2, 0.25) is 0 Å². The van der Waals surface area contributed by atoms with Crippen LogP contribution in [0, 0.1) is 3.57 Å². The highest BCUT2D eigenvalue weighted by Crippen LogP contribution is 2.36. The van der Waals surface area contributed by atoms with Gasteiger partial charge in [0.2, 0.25) is 0 Å². The Hall–Kier alpha value is 0.740. The van der Waals surface area contributed by atoms with E-state index in [2.05, 4.69) is 68.7 Å². The molecule has 2 rings (SSSR count). The first kappa shape index (κ1) is 9.30. The zero-order valence-corrected chi connectivity index (χ0v) is 11.3. The summed E-state index contributed by atoms with van der Waals surface area (Å²) in [6.45, 7) is 0. The number of thiol groups is 1. The quantitative estimate of drug-likeness (QED) is 0.510. The van der Waals surface area contributed by atoms with Gasteiger partial charge in [-0.05, 0) is 40.1 Å². The van der Waals surface area contributed by atoms with Crippen LogP contribution in [0.25, 0.3) is 10.1 Å². The van der Waals surface area contributed by atoms with Crippen LogP contribution < -0.4 is 0 Å². The molecule has 0 bridgehead atoms. The van der Waals surface area contributed by atoms with Crippen molar-refractivity contribution in [2.75, 3.05) is 0 Å². The largest absolute Gasteiger partial charge is 0.143 e. The van der Waals surface area contributed by atoms with E-state index in [0.29, 0.717) is 0 Å². The Morgan fingerprint density at radius 2 is 2.25 bits per heavy atom. The summed E-state index contributed by atoms with van der Waals surface area (Å²) in [5, 5.41) is 3.34. The number of thiophene rings is 1. The summed E-state index contributed by atoms with van der Waals surface area (Å²) in [6, 6.07) is 4.21. The molecule has 1 heterocycles. The minimum absolute atomic E-state index is 1.09. The highest BCUT2D eigenvalue weighted by atomic mass is 127. The normalized spacial score (nSPS) is 10.9. The van der Waals surface area contributed by atoms with Gasteiger partial charge < -0.3 is 0 Å². The molecule has 12 heavy (non-hydrogen) atoms. The van der Waals surface area contributed by atoms with Crippen molar-refractivity contribution in [3.63, 3.8) is 0 Å². The third-order valence-corrected chi connectivity index (χ3v) is 5.10. The fourth-order valence-electron chi connectivity index (χ4n) is 1.05. The first-order valence-corrected chi connectivity index (χ1v) is 6.44. The number of hydrogen-bond acceptors (Lipinski definition) is 2. The smallest absolute Gasteiger partial charge is 0.0498 e. The molecule has 2 aromatic rings. The standard InChI is InChI=1S/C8H4BrIS2/c9-5-3-6(10)7(11)8-4(5)1-2-12-8/h1-3,11H. The molecule has 0 unspecified atom stereocenters. The Morgan fingerprint density at radius 1 is 1.50 bits per heavy atom. The molecule has 0 saturated heterocycles. The van der Waals surface area contributed by atoms with Gasteiger partial charge in [0.05, 0.1) is 0 Å². The van der Waals surface area contributed by atoms with Crippen LogP contribution in [0.4, 0.5) is 0 Å². The van der Waals surface area contributed by atoms with Gasteiger partial charge >= 0.3 is 0 Å². The molecule has 0 amide bonds. The van der Waals surface area contributed by atoms with Gasteiger partial charge in [-0.15, -0.1) is 24.0 Å². The summed E-state index contributed by atoms with van der Waals surface area (Å²) < 4.78 is 3.61. The topological polar surface area (TPSA) is 0 Å². The summed E-state index contributed by atoms with van der Waals surface area (Å²) in [6.07, 6.45) is 0. The number of benzene rings is 1. The van der Waals surface area contributed by atoms with Crippen molar-refractivity contribution in [3.05, 3.63) is 25.6 Å².